The van der Waals surface area contributed by atoms with Gasteiger partial charge in [-0.2, -0.15) is 4.57 Å². The molecule has 0 aliphatic rings. The van der Waals surface area contributed by atoms with Gasteiger partial charge in [0, 0.05) is 10.8 Å². The van der Waals surface area contributed by atoms with E-state index in [2.05, 4.69) is 60.3 Å². The van der Waals surface area contributed by atoms with E-state index in [0.717, 1.165) is 22.3 Å². The summed E-state index contributed by atoms with van der Waals surface area (Å²) >= 11 is 0. The number of pyridine rings is 1. The van der Waals surface area contributed by atoms with Crippen molar-refractivity contribution < 1.29 is 26.4 Å². The van der Waals surface area contributed by atoms with Crippen LogP contribution in [-0.2, 0) is 7.05 Å². The van der Waals surface area contributed by atoms with E-state index in [1.165, 1.54) is 21.7 Å². The van der Waals surface area contributed by atoms with Gasteiger partial charge in [0.1, 0.15) is 7.05 Å². The van der Waals surface area contributed by atoms with Crippen LogP contribution in [0.1, 0.15) is 0 Å². The molecule has 0 fully saturated rings. The Balaban J connectivity index is 0.00000169. The highest BCUT2D eigenvalue weighted by molar-refractivity contribution is 6.13. The number of hydrogen-bond donors (Lipinski definition) is 0. The van der Waals surface area contributed by atoms with E-state index in [-0.39, 0.29) is 12.4 Å². The number of fused-ring (bicyclic) bond motifs is 5. The van der Waals surface area contributed by atoms with Crippen molar-refractivity contribution in [3.05, 3.63) is 54.7 Å². The molecule has 0 spiro atoms. The first-order valence-electron chi connectivity index (χ1n) is 7.59. The third kappa shape index (κ3) is 2.33. The molecule has 0 saturated carbocycles. The number of aryl methyl sites for hydroxylation is 1. The molecule has 0 saturated heterocycles. The van der Waals surface area contributed by atoms with Gasteiger partial charge in [-0.1, -0.05) is 24.3 Å². The van der Waals surface area contributed by atoms with Crippen molar-refractivity contribution in [1.29, 1.82) is 0 Å². The van der Waals surface area contributed by atoms with Crippen LogP contribution in [-0.4, -0.2) is 14.2 Å². The van der Waals surface area contributed by atoms with Crippen LogP contribution in [0.5, 0.6) is 11.5 Å². The summed E-state index contributed by atoms with van der Waals surface area (Å²) < 4.78 is 13.1. The third-order valence-electron chi connectivity index (χ3n) is 4.43. The van der Waals surface area contributed by atoms with Crippen LogP contribution in [0.25, 0.3) is 32.4 Å². The largest absolute Gasteiger partial charge is 1.00 e. The fraction of sp³-hybridized carbons (Fsp3) is 0.150. The number of halogens is 1. The van der Waals surface area contributed by atoms with Crippen molar-refractivity contribution in [2.75, 3.05) is 14.2 Å². The molecule has 0 aliphatic heterocycles. The highest BCUT2D eigenvalue weighted by atomic mass is 35.5. The summed E-state index contributed by atoms with van der Waals surface area (Å²) in [5, 5.41) is 6.04. The number of methoxy groups -OCH3 is 2. The maximum Gasteiger partial charge on any atom is 0.220 e. The molecule has 3 aromatic carbocycles. The molecule has 0 aliphatic carbocycles. The molecule has 24 heavy (non-hydrogen) atoms. The Labute approximate surface area is 146 Å². The van der Waals surface area contributed by atoms with E-state index in [1.807, 2.05) is 6.07 Å². The van der Waals surface area contributed by atoms with E-state index >= 15 is 0 Å². The third-order valence-corrected chi connectivity index (χ3v) is 4.43. The van der Waals surface area contributed by atoms with Crippen LogP contribution >= 0.6 is 0 Å². The highest BCUT2D eigenvalue weighted by Crippen LogP contribution is 2.36. The lowest BCUT2D eigenvalue weighted by molar-refractivity contribution is -0.642. The molecule has 1 heterocycles. The molecule has 4 aromatic rings. The Morgan fingerprint density at radius 1 is 0.750 bits per heavy atom. The Morgan fingerprint density at radius 2 is 1.46 bits per heavy atom. The zero-order chi connectivity index (χ0) is 16.0. The van der Waals surface area contributed by atoms with Crippen LogP contribution in [0.4, 0.5) is 0 Å². The molecule has 0 unspecified atom stereocenters. The first kappa shape index (κ1) is 16.3. The molecule has 1 aromatic heterocycles. The maximum atomic E-state index is 5.49. The first-order valence-corrected chi connectivity index (χ1v) is 7.59. The summed E-state index contributed by atoms with van der Waals surface area (Å²) in [6, 6.07) is 16.9. The van der Waals surface area contributed by atoms with Crippen molar-refractivity contribution in [1.82, 2.24) is 0 Å². The summed E-state index contributed by atoms with van der Waals surface area (Å²) in [6.45, 7) is 0. The number of aromatic nitrogens is 1. The normalized spacial score (nSPS) is 10.8. The standard InChI is InChI=1S/C20H18NO2.ClH/c1-21-12-14-6-4-5-7-15(14)16-9-8-13-10-18(22-2)19(23-3)11-17(13)20(16)21;/h4-12H,1-3H3;1H/q+1;/p-1. The quantitative estimate of drug-likeness (QED) is 0.401. The van der Waals surface area contributed by atoms with Gasteiger partial charge in [0.05, 0.1) is 25.0 Å². The predicted molar refractivity (Wildman–Crippen MR) is 93.2 cm³/mol. The van der Waals surface area contributed by atoms with Crippen molar-refractivity contribution in [3.63, 3.8) is 0 Å². The molecule has 0 radical (unpaired) electrons. The molecule has 0 atom stereocenters. The minimum Gasteiger partial charge on any atom is -1.00 e. The van der Waals surface area contributed by atoms with Crippen LogP contribution in [0, 0.1) is 0 Å². The topological polar surface area (TPSA) is 22.3 Å². The van der Waals surface area contributed by atoms with Gasteiger partial charge in [0.25, 0.3) is 0 Å². The van der Waals surface area contributed by atoms with E-state index < -0.39 is 0 Å². The van der Waals surface area contributed by atoms with Gasteiger partial charge in [0.2, 0.25) is 5.52 Å². The second kappa shape index (κ2) is 6.17. The first-order chi connectivity index (χ1) is 11.2. The summed E-state index contributed by atoms with van der Waals surface area (Å²) in [6.07, 6.45) is 2.17. The van der Waals surface area contributed by atoms with Crippen LogP contribution in [0.3, 0.4) is 0 Å². The lowest BCUT2D eigenvalue weighted by Gasteiger charge is -2.10. The van der Waals surface area contributed by atoms with E-state index in [1.54, 1.807) is 14.2 Å². The molecule has 4 rings (SSSR count). The summed E-state index contributed by atoms with van der Waals surface area (Å²) in [4.78, 5) is 0. The van der Waals surface area contributed by atoms with Gasteiger partial charge >= 0.3 is 0 Å². The molecular formula is C20H18ClNO2. The second-order valence-electron chi connectivity index (χ2n) is 5.72. The zero-order valence-corrected chi connectivity index (χ0v) is 14.6. The summed E-state index contributed by atoms with van der Waals surface area (Å²) in [5.41, 5.74) is 1.20. The Hall–Kier alpha value is -2.52. The van der Waals surface area contributed by atoms with Crippen molar-refractivity contribution in [2.45, 2.75) is 0 Å². The van der Waals surface area contributed by atoms with Gasteiger partial charge < -0.3 is 21.9 Å². The second-order valence-corrected chi connectivity index (χ2v) is 5.72. The van der Waals surface area contributed by atoms with Crippen molar-refractivity contribution >= 4 is 32.4 Å². The molecule has 122 valence electrons. The van der Waals surface area contributed by atoms with Crippen LogP contribution in [0.2, 0.25) is 0 Å². The molecular weight excluding hydrogens is 322 g/mol. The summed E-state index contributed by atoms with van der Waals surface area (Å²) in [7, 11) is 5.42. The fourth-order valence-corrected chi connectivity index (χ4v) is 3.36. The lowest BCUT2D eigenvalue weighted by Crippen LogP contribution is -3.00. The maximum absolute atomic E-state index is 5.49. The van der Waals surface area contributed by atoms with Gasteiger partial charge in [0.15, 0.2) is 17.7 Å². The van der Waals surface area contributed by atoms with Gasteiger partial charge in [-0.15, -0.1) is 0 Å². The molecule has 4 heteroatoms. The van der Waals surface area contributed by atoms with Crippen molar-refractivity contribution in [2.24, 2.45) is 7.05 Å². The number of benzene rings is 3. The SMILES string of the molecule is COc1cc2ccc3c4ccccc4c[n+](C)c3c2cc1OC.[Cl-]. The summed E-state index contributed by atoms with van der Waals surface area (Å²) in [5.74, 6) is 1.50. The van der Waals surface area contributed by atoms with E-state index in [4.69, 9.17) is 9.47 Å². The predicted octanol–water partition coefficient (Wildman–Crippen LogP) is 0.992. The van der Waals surface area contributed by atoms with Crippen molar-refractivity contribution in [3.8, 4) is 11.5 Å². The van der Waals surface area contributed by atoms with Crippen LogP contribution in [0.15, 0.2) is 54.7 Å². The van der Waals surface area contributed by atoms with E-state index in [9.17, 15) is 0 Å². The minimum absolute atomic E-state index is 0. The molecule has 3 nitrogen and oxygen atoms in total. The Bertz CT molecular complexity index is 1060. The fourth-order valence-electron chi connectivity index (χ4n) is 3.36. The van der Waals surface area contributed by atoms with Gasteiger partial charge in [-0.25, -0.2) is 0 Å². The highest BCUT2D eigenvalue weighted by Gasteiger charge is 2.16. The van der Waals surface area contributed by atoms with Gasteiger partial charge in [-0.05, 0) is 29.7 Å². The van der Waals surface area contributed by atoms with Crippen LogP contribution < -0.4 is 26.4 Å². The zero-order valence-electron chi connectivity index (χ0n) is 13.8. The lowest BCUT2D eigenvalue weighted by atomic mass is 10.0. The number of hydrogen-bond acceptors (Lipinski definition) is 2. The molecule has 0 bridgehead atoms. The van der Waals surface area contributed by atoms with Gasteiger partial charge in [-0.3, -0.25) is 0 Å². The smallest absolute Gasteiger partial charge is 0.220 e. The average molecular weight is 340 g/mol. The number of nitrogens with zero attached hydrogens (tertiary/aromatic N) is 1. The Kier molecular flexibility index (Phi) is 4.20. The Morgan fingerprint density at radius 3 is 2.21 bits per heavy atom. The molecule has 0 amide bonds. The average Bonchev–Trinajstić information content (AvgIpc) is 2.59. The monoisotopic (exact) mass is 339 g/mol. The molecule has 0 N–H and O–H groups in total. The number of ether oxygens (including phenoxy) is 2. The minimum atomic E-state index is 0. The van der Waals surface area contributed by atoms with E-state index in [0.29, 0.717) is 0 Å². The number of rotatable bonds is 2.